The number of carbonyl (C=O) groups excluding carboxylic acids is 1. The summed E-state index contributed by atoms with van der Waals surface area (Å²) in [7, 11) is 0. The average Bonchev–Trinajstić information content (AvgIpc) is 2.62. The number of aromatic nitrogens is 2. The number of hydrogen-bond donors (Lipinski definition) is 0. The van der Waals surface area contributed by atoms with Gasteiger partial charge in [-0.3, -0.25) is 9.48 Å². The van der Waals surface area contributed by atoms with Gasteiger partial charge in [-0.1, -0.05) is 6.92 Å². The molecule has 1 aromatic heterocycles. The van der Waals surface area contributed by atoms with E-state index in [4.69, 9.17) is 0 Å². The fraction of sp³-hybridized carbons (Fsp3) is 0.636. The predicted octanol–water partition coefficient (Wildman–Crippen LogP) is 1.99. The Morgan fingerprint density at radius 2 is 2.36 bits per heavy atom. The maximum absolute atomic E-state index is 11.3. The molecule has 14 heavy (non-hydrogen) atoms. The molecule has 0 saturated heterocycles. The van der Waals surface area contributed by atoms with Crippen LogP contribution in [0.25, 0.3) is 0 Å². The molecule has 1 saturated carbocycles. The van der Waals surface area contributed by atoms with Crippen LogP contribution in [-0.4, -0.2) is 15.6 Å². The third kappa shape index (κ3) is 1.37. The molecule has 1 aliphatic rings. The standard InChI is InChI=1S/C11H16N2O/c1-3-9-10(5-11(9)14)8-6-12-13(4-2)7-8/h6-7,9-10H,3-5H2,1-2H3. The number of rotatable bonds is 3. The minimum Gasteiger partial charge on any atom is -0.299 e. The third-order valence-corrected chi connectivity index (χ3v) is 3.17. The topological polar surface area (TPSA) is 34.9 Å². The molecular formula is C11H16N2O. The first-order valence-electron chi connectivity index (χ1n) is 5.31. The van der Waals surface area contributed by atoms with Gasteiger partial charge in [0.05, 0.1) is 6.20 Å². The number of aryl methyl sites for hydroxylation is 1. The van der Waals surface area contributed by atoms with Crippen LogP contribution in [-0.2, 0) is 11.3 Å². The highest BCUT2D eigenvalue weighted by atomic mass is 16.1. The quantitative estimate of drug-likeness (QED) is 0.734. The van der Waals surface area contributed by atoms with Gasteiger partial charge in [0.2, 0.25) is 0 Å². The van der Waals surface area contributed by atoms with Crippen LogP contribution in [0.2, 0.25) is 0 Å². The Kier molecular flexibility index (Phi) is 2.40. The molecule has 3 nitrogen and oxygen atoms in total. The van der Waals surface area contributed by atoms with Gasteiger partial charge in [0.1, 0.15) is 5.78 Å². The van der Waals surface area contributed by atoms with Gasteiger partial charge in [0, 0.05) is 31.0 Å². The van der Waals surface area contributed by atoms with Crippen LogP contribution in [0, 0.1) is 5.92 Å². The SMILES string of the molecule is CCC1C(=O)CC1c1cnn(CC)c1. The first-order chi connectivity index (χ1) is 6.76. The monoisotopic (exact) mass is 192 g/mol. The van der Waals surface area contributed by atoms with Gasteiger partial charge < -0.3 is 0 Å². The molecule has 1 heterocycles. The van der Waals surface area contributed by atoms with Crippen molar-refractivity contribution in [3.05, 3.63) is 18.0 Å². The molecule has 1 aromatic rings. The zero-order valence-electron chi connectivity index (χ0n) is 8.73. The Morgan fingerprint density at radius 1 is 1.57 bits per heavy atom. The fourth-order valence-corrected chi connectivity index (χ4v) is 2.18. The van der Waals surface area contributed by atoms with Crippen molar-refractivity contribution in [2.45, 2.75) is 39.2 Å². The summed E-state index contributed by atoms with van der Waals surface area (Å²) in [6, 6.07) is 0. The second kappa shape index (κ2) is 3.56. The van der Waals surface area contributed by atoms with Crippen LogP contribution in [0.3, 0.4) is 0 Å². The van der Waals surface area contributed by atoms with E-state index in [1.165, 1.54) is 5.56 Å². The summed E-state index contributed by atoms with van der Waals surface area (Å²) in [5, 5.41) is 4.24. The van der Waals surface area contributed by atoms with E-state index in [9.17, 15) is 4.79 Å². The van der Waals surface area contributed by atoms with Crippen molar-refractivity contribution in [1.29, 1.82) is 0 Å². The van der Waals surface area contributed by atoms with E-state index in [1.54, 1.807) is 0 Å². The van der Waals surface area contributed by atoms with E-state index in [-0.39, 0.29) is 5.92 Å². The molecule has 2 atom stereocenters. The van der Waals surface area contributed by atoms with E-state index >= 15 is 0 Å². The van der Waals surface area contributed by atoms with Crippen molar-refractivity contribution in [2.75, 3.05) is 0 Å². The summed E-state index contributed by atoms with van der Waals surface area (Å²) in [6.45, 7) is 5.05. The summed E-state index contributed by atoms with van der Waals surface area (Å²) in [4.78, 5) is 11.3. The lowest BCUT2D eigenvalue weighted by molar-refractivity contribution is -0.131. The molecule has 76 valence electrons. The van der Waals surface area contributed by atoms with Gasteiger partial charge in [-0.15, -0.1) is 0 Å². The van der Waals surface area contributed by atoms with E-state index < -0.39 is 0 Å². The number of nitrogens with zero attached hydrogens (tertiary/aromatic N) is 2. The molecule has 1 aliphatic carbocycles. The normalized spacial score (nSPS) is 26.3. The average molecular weight is 192 g/mol. The third-order valence-electron chi connectivity index (χ3n) is 3.17. The second-order valence-electron chi connectivity index (χ2n) is 3.92. The highest BCUT2D eigenvalue weighted by molar-refractivity contribution is 5.89. The zero-order valence-corrected chi connectivity index (χ0v) is 8.73. The smallest absolute Gasteiger partial charge is 0.137 e. The number of Topliss-reactive ketones (excluding diaryl/α,β-unsaturated/α-hetero) is 1. The Balaban J connectivity index is 2.12. The van der Waals surface area contributed by atoms with Gasteiger partial charge in [-0.05, 0) is 18.9 Å². The lowest BCUT2D eigenvalue weighted by Gasteiger charge is -2.33. The molecule has 0 bridgehead atoms. The fourth-order valence-electron chi connectivity index (χ4n) is 2.18. The molecule has 0 N–H and O–H groups in total. The number of ketones is 1. The van der Waals surface area contributed by atoms with Crippen LogP contribution in [0.1, 0.15) is 38.2 Å². The Bertz CT molecular complexity index is 343. The number of hydrogen-bond acceptors (Lipinski definition) is 2. The zero-order chi connectivity index (χ0) is 10.1. The highest BCUT2D eigenvalue weighted by Crippen LogP contribution is 2.41. The molecule has 2 rings (SSSR count). The summed E-state index contributed by atoms with van der Waals surface area (Å²) < 4.78 is 1.92. The number of carbonyl (C=O) groups is 1. The minimum absolute atomic E-state index is 0.254. The van der Waals surface area contributed by atoms with Crippen LogP contribution in [0.4, 0.5) is 0 Å². The summed E-state index contributed by atoms with van der Waals surface area (Å²) in [5.74, 6) is 1.11. The maximum atomic E-state index is 11.3. The molecular weight excluding hydrogens is 176 g/mol. The van der Waals surface area contributed by atoms with Crippen LogP contribution in [0.5, 0.6) is 0 Å². The molecule has 1 fully saturated rings. The first-order valence-corrected chi connectivity index (χ1v) is 5.31. The van der Waals surface area contributed by atoms with Crippen molar-refractivity contribution in [3.63, 3.8) is 0 Å². The van der Waals surface area contributed by atoms with Gasteiger partial charge in [0.15, 0.2) is 0 Å². The van der Waals surface area contributed by atoms with Crippen molar-refractivity contribution in [1.82, 2.24) is 9.78 Å². The lowest BCUT2D eigenvalue weighted by atomic mass is 9.68. The molecule has 0 aromatic carbocycles. The lowest BCUT2D eigenvalue weighted by Crippen LogP contribution is -2.34. The largest absolute Gasteiger partial charge is 0.299 e. The van der Waals surface area contributed by atoms with Crippen molar-refractivity contribution in [2.24, 2.45) is 5.92 Å². The summed E-state index contributed by atoms with van der Waals surface area (Å²) in [5.41, 5.74) is 1.23. The molecule has 2 unspecified atom stereocenters. The van der Waals surface area contributed by atoms with Gasteiger partial charge >= 0.3 is 0 Å². The van der Waals surface area contributed by atoms with Gasteiger partial charge in [0.25, 0.3) is 0 Å². The Hall–Kier alpha value is -1.12. The summed E-state index contributed by atoms with van der Waals surface area (Å²) >= 11 is 0. The van der Waals surface area contributed by atoms with Gasteiger partial charge in [-0.25, -0.2) is 0 Å². The summed E-state index contributed by atoms with van der Waals surface area (Å²) in [6.07, 6.45) is 5.65. The molecule has 3 heteroatoms. The Morgan fingerprint density at radius 3 is 2.86 bits per heavy atom. The van der Waals surface area contributed by atoms with Gasteiger partial charge in [-0.2, -0.15) is 5.10 Å². The Labute approximate surface area is 84.1 Å². The molecule has 0 spiro atoms. The van der Waals surface area contributed by atoms with Crippen molar-refractivity contribution >= 4 is 5.78 Å². The van der Waals surface area contributed by atoms with E-state index in [1.807, 2.05) is 10.9 Å². The van der Waals surface area contributed by atoms with Crippen LogP contribution < -0.4 is 0 Å². The second-order valence-corrected chi connectivity index (χ2v) is 3.92. The van der Waals surface area contributed by atoms with Crippen molar-refractivity contribution in [3.8, 4) is 0 Å². The minimum atomic E-state index is 0.254. The molecule has 0 radical (unpaired) electrons. The van der Waals surface area contributed by atoms with Crippen molar-refractivity contribution < 1.29 is 4.79 Å². The molecule has 0 amide bonds. The van der Waals surface area contributed by atoms with E-state index in [2.05, 4.69) is 25.1 Å². The van der Waals surface area contributed by atoms with E-state index in [0.717, 1.165) is 13.0 Å². The maximum Gasteiger partial charge on any atom is 0.137 e. The molecule has 0 aliphatic heterocycles. The van der Waals surface area contributed by atoms with Crippen LogP contribution >= 0.6 is 0 Å². The van der Waals surface area contributed by atoms with E-state index in [0.29, 0.717) is 18.1 Å². The highest BCUT2D eigenvalue weighted by Gasteiger charge is 2.39. The first kappa shape index (κ1) is 9.44. The predicted molar refractivity (Wildman–Crippen MR) is 54.0 cm³/mol. The van der Waals surface area contributed by atoms with Crippen LogP contribution in [0.15, 0.2) is 12.4 Å².